The normalized spacial score (nSPS) is 14.8. The van der Waals surface area contributed by atoms with Gasteiger partial charge in [0, 0.05) is 39.3 Å². The van der Waals surface area contributed by atoms with Crippen molar-refractivity contribution in [2.75, 3.05) is 0 Å². The maximum atomic E-state index is 13.2. The number of rotatable bonds is 5. The van der Waals surface area contributed by atoms with E-state index in [1.807, 2.05) is 36.4 Å². The third-order valence-corrected chi connectivity index (χ3v) is 7.41. The third kappa shape index (κ3) is 4.62. The first kappa shape index (κ1) is 23.4. The minimum absolute atomic E-state index is 0.272. The second-order valence-corrected chi connectivity index (χ2v) is 10.2. The van der Waals surface area contributed by atoms with Crippen LogP contribution in [0.5, 0.6) is 0 Å². The molecule has 1 aromatic heterocycles. The number of carbonyl (C=O) groups excluding carboxylic acids is 2. The van der Waals surface area contributed by atoms with Crippen LogP contribution in [0.1, 0.15) is 27.2 Å². The van der Waals surface area contributed by atoms with Gasteiger partial charge in [0.2, 0.25) is 0 Å². The molecule has 5 rings (SSSR count). The predicted octanol–water partition coefficient (Wildman–Crippen LogP) is 6.20. The van der Waals surface area contributed by atoms with Gasteiger partial charge in [0.05, 0.1) is 4.91 Å². The molecule has 3 aromatic carbocycles. The van der Waals surface area contributed by atoms with E-state index < -0.39 is 5.91 Å². The summed E-state index contributed by atoms with van der Waals surface area (Å²) < 4.78 is 2.52. The van der Waals surface area contributed by atoms with Crippen molar-refractivity contribution < 1.29 is 9.59 Å². The van der Waals surface area contributed by atoms with Crippen molar-refractivity contribution in [1.82, 2.24) is 15.0 Å². The van der Waals surface area contributed by atoms with E-state index in [4.69, 9.17) is 23.8 Å². The molecule has 1 fully saturated rings. The van der Waals surface area contributed by atoms with Crippen LogP contribution >= 0.6 is 35.6 Å². The van der Waals surface area contributed by atoms with Crippen LogP contribution in [0.3, 0.4) is 0 Å². The Hall–Kier alpha value is -3.39. The molecular formula is C27H20ClN3O2S2. The molecule has 8 heteroatoms. The van der Waals surface area contributed by atoms with Gasteiger partial charge in [-0.3, -0.25) is 15.0 Å². The number of amides is 2. The zero-order valence-corrected chi connectivity index (χ0v) is 21.1. The molecule has 0 saturated carbocycles. The number of nitrogens with zero attached hydrogens (tertiary/aromatic N) is 2. The van der Waals surface area contributed by atoms with E-state index in [2.05, 4.69) is 41.2 Å². The fourth-order valence-electron chi connectivity index (χ4n) is 4.07. The second-order valence-electron chi connectivity index (χ2n) is 8.05. The first-order valence-electron chi connectivity index (χ1n) is 10.9. The first-order valence-corrected chi connectivity index (χ1v) is 12.5. The largest absolute Gasteiger partial charge is 0.340 e. The lowest BCUT2D eigenvalue weighted by Crippen LogP contribution is -2.44. The molecule has 174 valence electrons. The average Bonchev–Trinajstić information content (AvgIpc) is 3.28. The Kier molecular flexibility index (Phi) is 6.47. The number of benzene rings is 3. The van der Waals surface area contributed by atoms with Crippen LogP contribution < -0.4 is 5.43 Å². The van der Waals surface area contributed by atoms with Crippen molar-refractivity contribution in [2.45, 2.75) is 13.5 Å². The van der Waals surface area contributed by atoms with E-state index >= 15 is 0 Å². The van der Waals surface area contributed by atoms with Gasteiger partial charge >= 0.3 is 0 Å². The summed E-state index contributed by atoms with van der Waals surface area (Å²) >= 11 is 12.5. The van der Waals surface area contributed by atoms with Crippen LogP contribution in [-0.2, 0) is 11.3 Å². The summed E-state index contributed by atoms with van der Waals surface area (Å²) in [6.45, 7) is 2.77. The number of hydrazine groups is 1. The lowest BCUT2D eigenvalue weighted by Gasteiger charge is -2.15. The van der Waals surface area contributed by atoms with Gasteiger partial charge in [-0.2, -0.15) is 5.01 Å². The smallest absolute Gasteiger partial charge is 0.285 e. The standard InChI is InChI=1S/C27H20ClN3O2S2/c1-17-22(21-9-5-6-10-23(21)30(17)16-18-7-3-2-4-8-18)15-24-26(33)31(27(34)35-24)29-25(32)19-11-13-20(28)14-12-19/h2-15H,16H2,1H3,(H,29,32)/b24-15-. The molecule has 1 saturated heterocycles. The summed E-state index contributed by atoms with van der Waals surface area (Å²) in [7, 11) is 0. The molecule has 1 N–H and O–H groups in total. The highest BCUT2D eigenvalue weighted by atomic mass is 35.5. The number of thioether (sulfide) groups is 1. The fourth-order valence-corrected chi connectivity index (χ4v) is 5.36. The molecule has 0 unspecified atom stereocenters. The molecule has 0 spiro atoms. The number of aromatic nitrogens is 1. The number of fused-ring (bicyclic) bond motifs is 1. The van der Waals surface area contributed by atoms with E-state index in [1.165, 1.54) is 17.3 Å². The van der Waals surface area contributed by atoms with Crippen LogP contribution in [0, 0.1) is 6.92 Å². The molecule has 0 radical (unpaired) electrons. The monoisotopic (exact) mass is 517 g/mol. The Balaban J connectivity index is 1.46. The molecule has 2 amide bonds. The van der Waals surface area contributed by atoms with Crippen molar-refractivity contribution in [3.8, 4) is 0 Å². The molecule has 1 aliphatic heterocycles. The van der Waals surface area contributed by atoms with Gasteiger partial charge in [0.1, 0.15) is 0 Å². The minimum Gasteiger partial charge on any atom is -0.340 e. The van der Waals surface area contributed by atoms with Gasteiger partial charge in [-0.05, 0) is 61.1 Å². The molecule has 0 aliphatic carbocycles. The van der Waals surface area contributed by atoms with Crippen LogP contribution in [0.15, 0.2) is 83.8 Å². The minimum atomic E-state index is -0.435. The summed E-state index contributed by atoms with van der Waals surface area (Å²) in [5.74, 6) is -0.795. The van der Waals surface area contributed by atoms with Gasteiger partial charge < -0.3 is 4.57 Å². The van der Waals surface area contributed by atoms with Gasteiger partial charge in [-0.1, -0.05) is 71.9 Å². The van der Waals surface area contributed by atoms with E-state index in [0.717, 1.165) is 33.7 Å². The maximum absolute atomic E-state index is 13.2. The fraction of sp³-hybridized carbons (Fsp3) is 0.0741. The van der Waals surface area contributed by atoms with Gasteiger partial charge in [-0.15, -0.1) is 0 Å². The van der Waals surface area contributed by atoms with E-state index in [0.29, 0.717) is 15.5 Å². The molecule has 2 heterocycles. The first-order chi connectivity index (χ1) is 16.9. The van der Waals surface area contributed by atoms with Gasteiger partial charge in [-0.25, -0.2) is 0 Å². The van der Waals surface area contributed by atoms with Crippen molar-refractivity contribution in [3.63, 3.8) is 0 Å². The predicted molar refractivity (Wildman–Crippen MR) is 146 cm³/mol. The summed E-state index contributed by atoms with van der Waals surface area (Å²) in [6, 6.07) is 24.8. The van der Waals surface area contributed by atoms with Gasteiger partial charge in [0.25, 0.3) is 11.8 Å². The van der Waals surface area contributed by atoms with Crippen molar-refractivity contribution in [3.05, 3.63) is 111 Å². The van der Waals surface area contributed by atoms with Crippen molar-refractivity contribution >= 4 is 68.7 Å². The Bertz CT molecular complexity index is 1490. The zero-order valence-electron chi connectivity index (χ0n) is 18.7. The Morgan fingerprint density at radius 2 is 1.71 bits per heavy atom. The number of para-hydroxylation sites is 1. The number of thiocarbonyl (C=S) groups is 1. The summed E-state index contributed by atoms with van der Waals surface area (Å²) in [5.41, 5.74) is 7.28. The second kappa shape index (κ2) is 9.70. The molecule has 4 aromatic rings. The number of hydrogen-bond donors (Lipinski definition) is 1. The molecule has 5 nitrogen and oxygen atoms in total. The highest BCUT2D eigenvalue weighted by Gasteiger charge is 2.34. The molecular weight excluding hydrogens is 498 g/mol. The summed E-state index contributed by atoms with van der Waals surface area (Å²) in [5, 5.41) is 2.70. The Morgan fingerprint density at radius 3 is 2.46 bits per heavy atom. The molecule has 0 atom stereocenters. The Labute approximate surface area is 217 Å². The summed E-state index contributed by atoms with van der Waals surface area (Å²) in [4.78, 5) is 26.3. The lowest BCUT2D eigenvalue weighted by molar-refractivity contribution is -0.123. The topological polar surface area (TPSA) is 54.3 Å². The van der Waals surface area contributed by atoms with Crippen LogP contribution in [0.4, 0.5) is 0 Å². The van der Waals surface area contributed by atoms with E-state index in [-0.39, 0.29) is 10.2 Å². The van der Waals surface area contributed by atoms with Crippen molar-refractivity contribution in [2.24, 2.45) is 0 Å². The Morgan fingerprint density at radius 1 is 1.03 bits per heavy atom. The summed E-state index contributed by atoms with van der Waals surface area (Å²) in [6.07, 6.45) is 1.87. The lowest BCUT2D eigenvalue weighted by atomic mass is 10.1. The molecule has 1 aliphatic rings. The molecule has 0 bridgehead atoms. The quantitative estimate of drug-likeness (QED) is 0.253. The number of halogens is 1. The van der Waals surface area contributed by atoms with Crippen LogP contribution in [-0.4, -0.2) is 25.7 Å². The number of nitrogens with one attached hydrogen (secondary N) is 1. The van der Waals surface area contributed by atoms with E-state index in [1.54, 1.807) is 24.3 Å². The van der Waals surface area contributed by atoms with E-state index in [9.17, 15) is 9.59 Å². The number of carbonyl (C=O) groups is 2. The van der Waals surface area contributed by atoms with Crippen LogP contribution in [0.2, 0.25) is 5.02 Å². The third-order valence-electron chi connectivity index (χ3n) is 5.85. The average molecular weight is 518 g/mol. The molecule has 35 heavy (non-hydrogen) atoms. The zero-order chi connectivity index (χ0) is 24.5. The SMILES string of the molecule is Cc1c(/C=C2\SC(=S)N(NC(=O)c3ccc(Cl)cc3)C2=O)c2ccccc2n1Cc1ccccc1. The number of hydrogen-bond acceptors (Lipinski definition) is 4. The van der Waals surface area contributed by atoms with Crippen molar-refractivity contribution in [1.29, 1.82) is 0 Å². The maximum Gasteiger partial charge on any atom is 0.285 e. The highest BCUT2D eigenvalue weighted by molar-refractivity contribution is 8.26. The van der Waals surface area contributed by atoms with Crippen LogP contribution in [0.25, 0.3) is 17.0 Å². The van der Waals surface area contributed by atoms with Gasteiger partial charge in [0.15, 0.2) is 4.32 Å². The highest BCUT2D eigenvalue weighted by Crippen LogP contribution is 2.35.